The monoisotopic (exact) mass is 159 g/mol. The first-order chi connectivity index (χ1) is 4.61. The van der Waals surface area contributed by atoms with Crippen LogP contribution in [0.2, 0.25) is 0 Å². The Morgan fingerprint density at radius 2 is 1.36 bits per heavy atom. The lowest BCUT2D eigenvalue weighted by molar-refractivity contribution is 1.25. The zero-order valence-corrected chi connectivity index (χ0v) is 6.86. The standard InChI is InChI=1S/C10H13.Mg.2H/c1-7-5-8(2)10(4)9(3)6-7;;;/h5-6H,1H2,2-4H3;;;. The Kier molecular flexibility index (Phi) is 4.12. The molecule has 11 heavy (non-hydrogen) atoms. The van der Waals surface area contributed by atoms with Crippen LogP contribution in [0.1, 0.15) is 22.3 Å². The zero-order valence-electron chi connectivity index (χ0n) is 6.86. The summed E-state index contributed by atoms with van der Waals surface area (Å²) in [5.41, 5.74) is 5.17. The van der Waals surface area contributed by atoms with Crippen LogP contribution in [-0.2, 0) is 0 Å². The molecule has 57 valence electrons. The van der Waals surface area contributed by atoms with E-state index in [2.05, 4.69) is 39.8 Å². The minimum absolute atomic E-state index is 0. The molecular formula is C10H15Mg. The third-order valence-corrected chi connectivity index (χ3v) is 1.99. The summed E-state index contributed by atoms with van der Waals surface area (Å²) in [7, 11) is 0. The second-order valence-corrected chi connectivity index (χ2v) is 2.85. The Morgan fingerprint density at radius 1 is 1.00 bits per heavy atom. The van der Waals surface area contributed by atoms with Gasteiger partial charge in [0, 0.05) is 0 Å². The van der Waals surface area contributed by atoms with Gasteiger partial charge in [-0.1, -0.05) is 12.1 Å². The van der Waals surface area contributed by atoms with E-state index in [1.54, 1.807) is 0 Å². The van der Waals surface area contributed by atoms with E-state index in [4.69, 9.17) is 0 Å². The topological polar surface area (TPSA) is 0 Å². The minimum atomic E-state index is 0. The maximum Gasteiger partial charge on any atom is 0.316 e. The molecule has 0 aliphatic heterocycles. The van der Waals surface area contributed by atoms with Gasteiger partial charge < -0.3 is 0 Å². The Bertz CT molecular complexity index is 228. The summed E-state index contributed by atoms with van der Waals surface area (Å²) < 4.78 is 0. The average Bonchev–Trinajstić information content (AvgIpc) is 1.82. The van der Waals surface area contributed by atoms with Crippen molar-refractivity contribution in [2.24, 2.45) is 0 Å². The summed E-state index contributed by atoms with van der Waals surface area (Å²) in [6.07, 6.45) is 0. The minimum Gasteiger partial charge on any atom is -0.0558 e. The van der Waals surface area contributed by atoms with Crippen molar-refractivity contribution in [1.82, 2.24) is 0 Å². The van der Waals surface area contributed by atoms with Crippen LogP contribution in [0, 0.1) is 27.7 Å². The summed E-state index contributed by atoms with van der Waals surface area (Å²) in [5, 5.41) is 0. The number of aryl methyl sites for hydroxylation is 2. The van der Waals surface area contributed by atoms with Gasteiger partial charge in [-0.25, -0.2) is 0 Å². The van der Waals surface area contributed by atoms with E-state index >= 15 is 0 Å². The molecule has 0 aliphatic carbocycles. The first-order valence-electron chi connectivity index (χ1n) is 3.51. The zero-order chi connectivity index (χ0) is 7.72. The van der Waals surface area contributed by atoms with Crippen LogP contribution in [0.15, 0.2) is 12.1 Å². The molecule has 0 aromatic heterocycles. The van der Waals surface area contributed by atoms with Crippen molar-refractivity contribution in [2.45, 2.75) is 20.8 Å². The summed E-state index contributed by atoms with van der Waals surface area (Å²) in [4.78, 5) is 0. The summed E-state index contributed by atoms with van der Waals surface area (Å²) in [6, 6.07) is 4.23. The SMILES string of the molecule is [CH2]c1cc(C)c(C)c(C)c1.[MgH2]. The molecule has 1 rings (SSSR count). The second-order valence-electron chi connectivity index (χ2n) is 2.85. The Morgan fingerprint density at radius 3 is 1.73 bits per heavy atom. The Balaban J connectivity index is 0.000001000. The highest BCUT2D eigenvalue weighted by Crippen LogP contribution is 2.13. The molecule has 0 saturated heterocycles. The lowest BCUT2D eigenvalue weighted by atomic mass is 10.0. The van der Waals surface area contributed by atoms with Crippen molar-refractivity contribution < 1.29 is 0 Å². The van der Waals surface area contributed by atoms with Crippen LogP contribution < -0.4 is 0 Å². The molecular weight excluding hydrogens is 144 g/mol. The number of hydrogen-bond acceptors (Lipinski definition) is 0. The van der Waals surface area contributed by atoms with Crippen LogP contribution in [-0.4, -0.2) is 23.1 Å². The molecule has 0 fully saturated rings. The second kappa shape index (κ2) is 4.12. The molecule has 1 aromatic carbocycles. The van der Waals surface area contributed by atoms with Crippen LogP contribution >= 0.6 is 0 Å². The van der Waals surface area contributed by atoms with Crippen molar-refractivity contribution in [3.05, 3.63) is 41.3 Å². The highest BCUT2D eigenvalue weighted by molar-refractivity contribution is 5.75. The van der Waals surface area contributed by atoms with E-state index in [0.29, 0.717) is 0 Å². The van der Waals surface area contributed by atoms with Gasteiger partial charge in [0.05, 0.1) is 0 Å². The van der Waals surface area contributed by atoms with Gasteiger partial charge in [0.25, 0.3) is 0 Å². The third-order valence-electron chi connectivity index (χ3n) is 1.99. The fourth-order valence-corrected chi connectivity index (χ4v) is 1.13. The van der Waals surface area contributed by atoms with E-state index in [-0.39, 0.29) is 23.1 Å². The predicted octanol–water partition coefficient (Wildman–Crippen LogP) is 1.88. The van der Waals surface area contributed by atoms with E-state index < -0.39 is 0 Å². The van der Waals surface area contributed by atoms with Crippen molar-refractivity contribution in [2.75, 3.05) is 0 Å². The highest BCUT2D eigenvalue weighted by atomic mass is 24.3. The summed E-state index contributed by atoms with van der Waals surface area (Å²) in [5.74, 6) is 0. The average molecular weight is 160 g/mol. The smallest absolute Gasteiger partial charge is 0.0558 e. The van der Waals surface area contributed by atoms with Gasteiger partial charge in [0.1, 0.15) is 0 Å². The van der Waals surface area contributed by atoms with Crippen molar-refractivity contribution in [3.8, 4) is 0 Å². The quantitative estimate of drug-likeness (QED) is 0.507. The van der Waals surface area contributed by atoms with E-state index in [0.717, 1.165) is 5.56 Å². The molecule has 0 spiro atoms. The molecule has 0 heterocycles. The maximum atomic E-state index is 3.88. The number of benzene rings is 1. The molecule has 0 nitrogen and oxygen atoms in total. The van der Waals surface area contributed by atoms with Crippen LogP contribution in [0.5, 0.6) is 0 Å². The van der Waals surface area contributed by atoms with E-state index in [1.807, 2.05) is 0 Å². The van der Waals surface area contributed by atoms with Crippen molar-refractivity contribution >= 4 is 23.1 Å². The van der Waals surface area contributed by atoms with Gasteiger partial charge in [-0.3, -0.25) is 0 Å². The number of rotatable bonds is 0. The Hall–Kier alpha value is -0.0138. The molecule has 0 saturated carbocycles. The predicted molar refractivity (Wildman–Crippen MR) is 53.7 cm³/mol. The molecule has 0 bridgehead atoms. The Labute approximate surface area is 85.2 Å². The maximum absolute atomic E-state index is 3.88. The first kappa shape index (κ1) is 11.0. The number of hydrogen-bond donors (Lipinski definition) is 0. The largest absolute Gasteiger partial charge is 0.316 e. The first-order valence-corrected chi connectivity index (χ1v) is 3.51. The molecule has 1 radical (unpaired) electrons. The van der Waals surface area contributed by atoms with Crippen LogP contribution in [0.4, 0.5) is 0 Å². The summed E-state index contributed by atoms with van der Waals surface area (Å²) in [6.45, 7) is 10.3. The molecule has 0 atom stereocenters. The third kappa shape index (κ3) is 2.49. The lowest BCUT2D eigenvalue weighted by Gasteiger charge is -2.04. The summed E-state index contributed by atoms with van der Waals surface area (Å²) >= 11 is 0. The molecule has 0 aliphatic rings. The molecule has 1 aromatic rings. The van der Waals surface area contributed by atoms with E-state index in [1.165, 1.54) is 16.7 Å². The molecule has 0 amide bonds. The molecule has 0 unspecified atom stereocenters. The fourth-order valence-electron chi connectivity index (χ4n) is 1.13. The highest BCUT2D eigenvalue weighted by Gasteiger charge is 1.96. The van der Waals surface area contributed by atoms with E-state index in [9.17, 15) is 0 Å². The van der Waals surface area contributed by atoms with Gasteiger partial charge in [-0.2, -0.15) is 0 Å². The van der Waals surface area contributed by atoms with Gasteiger partial charge in [0.2, 0.25) is 0 Å². The lowest BCUT2D eigenvalue weighted by Crippen LogP contribution is -1.86. The van der Waals surface area contributed by atoms with Crippen molar-refractivity contribution in [3.63, 3.8) is 0 Å². The van der Waals surface area contributed by atoms with Gasteiger partial charge >= 0.3 is 23.1 Å². The van der Waals surface area contributed by atoms with Gasteiger partial charge in [-0.15, -0.1) is 0 Å². The molecule has 1 heteroatoms. The fraction of sp³-hybridized carbons (Fsp3) is 0.300. The van der Waals surface area contributed by atoms with Gasteiger partial charge in [0.15, 0.2) is 0 Å². The van der Waals surface area contributed by atoms with Crippen molar-refractivity contribution in [1.29, 1.82) is 0 Å². The van der Waals surface area contributed by atoms with Crippen LogP contribution in [0.25, 0.3) is 0 Å². The van der Waals surface area contributed by atoms with Crippen LogP contribution in [0.3, 0.4) is 0 Å². The van der Waals surface area contributed by atoms with Gasteiger partial charge in [-0.05, 0) is 49.9 Å². The normalized spacial score (nSPS) is 9.09. The molecule has 0 N–H and O–H groups in total.